The van der Waals surface area contributed by atoms with Crippen LogP contribution in [0, 0.1) is 0 Å². The van der Waals surface area contributed by atoms with E-state index in [1.54, 1.807) is 11.6 Å². The van der Waals surface area contributed by atoms with E-state index in [4.69, 9.17) is 14.8 Å². The third kappa shape index (κ3) is 2.92. The number of methoxy groups -OCH3 is 1. The Labute approximate surface area is 148 Å². The quantitative estimate of drug-likeness (QED) is 0.440. The van der Waals surface area contributed by atoms with Crippen LogP contribution in [-0.2, 0) is 0 Å². The van der Waals surface area contributed by atoms with Crippen molar-refractivity contribution in [3.8, 4) is 17.1 Å². The molecule has 0 unspecified atom stereocenters. The molecule has 0 radical (unpaired) electrons. The highest BCUT2D eigenvalue weighted by Crippen LogP contribution is 2.27. The van der Waals surface area contributed by atoms with Gasteiger partial charge in [-0.15, -0.1) is 5.10 Å². The first-order chi connectivity index (χ1) is 12.3. The predicted molar refractivity (Wildman–Crippen MR) is 98.1 cm³/mol. The van der Waals surface area contributed by atoms with Crippen molar-refractivity contribution in [3.63, 3.8) is 0 Å². The fourth-order valence-electron chi connectivity index (χ4n) is 2.62. The minimum absolute atomic E-state index is 0.0840. The van der Waals surface area contributed by atoms with Crippen LogP contribution in [0.5, 0.6) is 5.75 Å². The summed E-state index contributed by atoms with van der Waals surface area (Å²) in [5, 5.41) is 15.4. The zero-order valence-corrected chi connectivity index (χ0v) is 14.4. The Morgan fingerprint density at radius 1 is 1.08 bits per heavy atom. The van der Waals surface area contributed by atoms with Crippen molar-refractivity contribution < 1.29 is 9.84 Å². The summed E-state index contributed by atoms with van der Waals surface area (Å²) >= 11 is 1.46. The highest BCUT2D eigenvalue weighted by molar-refractivity contribution is 7.99. The number of hydrogen-bond donors (Lipinski definition) is 1. The van der Waals surface area contributed by atoms with Gasteiger partial charge in [-0.25, -0.2) is 9.97 Å². The Kier molecular flexibility index (Phi) is 4.25. The maximum Gasteiger partial charge on any atom is 0.191 e. The first kappa shape index (κ1) is 15.9. The van der Waals surface area contributed by atoms with Gasteiger partial charge in [-0.2, -0.15) is 4.52 Å². The Morgan fingerprint density at radius 2 is 1.88 bits per heavy atom. The summed E-state index contributed by atoms with van der Waals surface area (Å²) in [4.78, 5) is 9.40. The molecule has 0 saturated carbocycles. The van der Waals surface area contributed by atoms with E-state index >= 15 is 0 Å². The molecule has 0 aliphatic rings. The molecule has 0 atom stereocenters. The zero-order valence-electron chi connectivity index (χ0n) is 13.6. The molecule has 0 aliphatic heterocycles. The molecule has 0 bridgehead atoms. The Bertz CT molecular complexity index is 1030. The summed E-state index contributed by atoms with van der Waals surface area (Å²) in [6.45, 7) is 0.0840. The maximum absolute atomic E-state index is 9.14. The number of nitrogens with zero attached hydrogens (tertiary/aromatic N) is 4. The summed E-state index contributed by atoms with van der Waals surface area (Å²) in [5.41, 5.74) is 2.53. The van der Waals surface area contributed by atoms with Crippen molar-refractivity contribution in [3.05, 3.63) is 48.5 Å². The molecule has 0 fully saturated rings. The van der Waals surface area contributed by atoms with Crippen LogP contribution < -0.4 is 4.74 Å². The van der Waals surface area contributed by atoms with Crippen LogP contribution in [0.15, 0.2) is 53.7 Å². The Hall–Kier alpha value is -2.64. The van der Waals surface area contributed by atoms with Gasteiger partial charge in [-0.05, 0) is 36.4 Å². The maximum atomic E-state index is 9.14. The third-order valence-electron chi connectivity index (χ3n) is 3.82. The molecular formula is C18H16N4O2S. The predicted octanol–water partition coefficient (Wildman–Crippen LogP) is 3.04. The molecule has 7 heteroatoms. The van der Waals surface area contributed by atoms with Gasteiger partial charge in [0, 0.05) is 16.7 Å². The number of thioether (sulfide) groups is 1. The number of ether oxygens (including phenoxy) is 1. The molecule has 1 N–H and O–H groups in total. The van der Waals surface area contributed by atoms with E-state index in [2.05, 4.69) is 10.1 Å². The smallest absolute Gasteiger partial charge is 0.191 e. The van der Waals surface area contributed by atoms with Gasteiger partial charge in [-0.1, -0.05) is 23.9 Å². The van der Waals surface area contributed by atoms with Gasteiger partial charge in [0.2, 0.25) is 0 Å². The molecule has 2 aromatic carbocycles. The number of aromatic nitrogens is 4. The first-order valence-electron chi connectivity index (χ1n) is 7.84. The van der Waals surface area contributed by atoms with E-state index in [0.29, 0.717) is 11.6 Å². The van der Waals surface area contributed by atoms with E-state index in [0.717, 1.165) is 33.0 Å². The zero-order chi connectivity index (χ0) is 17.2. The fourth-order valence-corrected chi connectivity index (χ4v) is 3.31. The molecular weight excluding hydrogens is 336 g/mol. The van der Waals surface area contributed by atoms with Crippen molar-refractivity contribution in [2.24, 2.45) is 0 Å². The van der Waals surface area contributed by atoms with E-state index in [1.165, 1.54) is 11.8 Å². The SMILES string of the molecule is COc1ccc(-c2nc3c4ccccc4nc(SCCO)n3n2)cc1. The summed E-state index contributed by atoms with van der Waals surface area (Å²) in [5.74, 6) is 1.98. The second-order valence-corrected chi connectivity index (χ2v) is 6.44. The number of benzene rings is 2. The van der Waals surface area contributed by atoms with Gasteiger partial charge < -0.3 is 9.84 Å². The van der Waals surface area contributed by atoms with Crippen LogP contribution in [0.25, 0.3) is 27.9 Å². The van der Waals surface area contributed by atoms with E-state index < -0.39 is 0 Å². The second-order valence-electron chi connectivity index (χ2n) is 5.38. The normalized spacial score (nSPS) is 11.3. The van der Waals surface area contributed by atoms with Crippen LogP contribution in [-0.4, -0.2) is 44.2 Å². The number of hydrogen-bond acceptors (Lipinski definition) is 6. The lowest BCUT2D eigenvalue weighted by Gasteiger charge is -2.04. The summed E-state index contributed by atoms with van der Waals surface area (Å²) in [6.07, 6.45) is 0. The van der Waals surface area contributed by atoms with Gasteiger partial charge in [0.25, 0.3) is 0 Å². The standard InChI is InChI=1S/C18H16N4O2S/c1-24-13-8-6-12(7-9-13)16-20-17-14-4-2-3-5-15(14)19-18(22(17)21-16)25-11-10-23/h2-9,23H,10-11H2,1H3. The van der Waals surface area contributed by atoms with Crippen LogP contribution >= 0.6 is 11.8 Å². The molecule has 4 aromatic rings. The fraction of sp³-hybridized carbons (Fsp3) is 0.167. The molecule has 0 spiro atoms. The number of para-hydroxylation sites is 1. The lowest BCUT2D eigenvalue weighted by molar-refractivity contribution is 0.322. The van der Waals surface area contributed by atoms with Gasteiger partial charge >= 0.3 is 0 Å². The average molecular weight is 352 g/mol. The van der Waals surface area contributed by atoms with Crippen LogP contribution in [0.2, 0.25) is 0 Å². The van der Waals surface area contributed by atoms with Crippen molar-refractivity contribution in [2.45, 2.75) is 5.16 Å². The lowest BCUT2D eigenvalue weighted by atomic mass is 10.2. The van der Waals surface area contributed by atoms with Gasteiger partial charge in [0.1, 0.15) is 5.75 Å². The molecule has 4 rings (SSSR count). The molecule has 2 aromatic heterocycles. The highest BCUT2D eigenvalue weighted by Gasteiger charge is 2.14. The Balaban J connectivity index is 1.91. The van der Waals surface area contributed by atoms with Gasteiger partial charge in [-0.3, -0.25) is 0 Å². The summed E-state index contributed by atoms with van der Waals surface area (Å²) < 4.78 is 6.95. The molecule has 126 valence electrons. The summed E-state index contributed by atoms with van der Waals surface area (Å²) in [7, 11) is 1.64. The minimum Gasteiger partial charge on any atom is -0.497 e. The summed E-state index contributed by atoms with van der Waals surface area (Å²) in [6, 6.07) is 15.5. The number of fused-ring (bicyclic) bond motifs is 3. The molecule has 0 saturated heterocycles. The average Bonchev–Trinajstić information content (AvgIpc) is 3.12. The number of rotatable bonds is 5. The largest absolute Gasteiger partial charge is 0.497 e. The van der Waals surface area contributed by atoms with Gasteiger partial charge in [0.05, 0.1) is 19.2 Å². The van der Waals surface area contributed by atoms with Crippen LogP contribution in [0.4, 0.5) is 0 Å². The van der Waals surface area contributed by atoms with Gasteiger partial charge in [0.15, 0.2) is 16.6 Å². The molecule has 25 heavy (non-hydrogen) atoms. The monoisotopic (exact) mass is 352 g/mol. The van der Waals surface area contributed by atoms with Crippen molar-refractivity contribution in [2.75, 3.05) is 19.5 Å². The molecule has 0 aliphatic carbocycles. The van der Waals surface area contributed by atoms with Crippen molar-refractivity contribution in [1.29, 1.82) is 0 Å². The van der Waals surface area contributed by atoms with E-state index in [1.807, 2.05) is 48.5 Å². The third-order valence-corrected chi connectivity index (χ3v) is 4.73. The van der Waals surface area contributed by atoms with Crippen LogP contribution in [0.1, 0.15) is 0 Å². The number of aliphatic hydroxyl groups is 1. The molecule has 0 amide bonds. The Morgan fingerprint density at radius 3 is 2.64 bits per heavy atom. The van der Waals surface area contributed by atoms with E-state index in [9.17, 15) is 0 Å². The van der Waals surface area contributed by atoms with E-state index in [-0.39, 0.29) is 6.61 Å². The van der Waals surface area contributed by atoms with Crippen LogP contribution in [0.3, 0.4) is 0 Å². The first-order valence-corrected chi connectivity index (χ1v) is 8.82. The number of aliphatic hydroxyl groups excluding tert-OH is 1. The minimum atomic E-state index is 0.0840. The van der Waals surface area contributed by atoms with Crippen molar-refractivity contribution in [1.82, 2.24) is 19.6 Å². The molecule has 6 nitrogen and oxygen atoms in total. The topological polar surface area (TPSA) is 72.5 Å². The molecule has 2 heterocycles. The van der Waals surface area contributed by atoms with Crippen molar-refractivity contribution >= 4 is 28.3 Å². The lowest BCUT2D eigenvalue weighted by Crippen LogP contribution is -1.99. The second kappa shape index (κ2) is 6.70. The highest BCUT2D eigenvalue weighted by atomic mass is 32.2.